The Labute approximate surface area is 164 Å². The Balaban J connectivity index is 1.80. The van der Waals surface area contributed by atoms with Crippen molar-refractivity contribution in [2.75, 3.05) is 13.1 Å². The van der Waals surface area contributed by atoms with Gasteiger partial charge in [0.05, 0.1) is 4.88 Å². The average Bonchev–Trinajstić information content (AvgIpc) is 3.36. The van der Waals surface area contributed by atoms with E-state index in [1.807, 2.05) is 13.0 Å². The molecule has 3 amide bonds. The number of imide groups is 1. The van der Waals surface area contributed by atoms with Crippen molar-refractivity contribution in [1.82, 2.24) is 10.2 Å². The molecule has 3 rings (SSSR count). The summed E-state index contributed by atoms with van der Waals surface area (Å²) in [6, 6.07) is 12.3. The summed E-state index contributed by atoms with van der Waals surface area (Å²) in [5.41, 5.74) is 2.51. The summed E-state index contributed by atoms with van der Waals surface area (Å²) in [6.07, 6.45) is 1.11. The molecule has 2 aromatic rings. The summed E-state index contributed by atoms with van der Waals surface area (Å²) in [5, 5.41) is 6.82. The zero-order valence-electron chi connectivity index (χ0n) is 16.1. The Hall–Kier alpha value is -2.18. The molecule has 3 atom stereocenters. The van der Waals surface area contributed by atoms with E-state index in [9.17, 15) is 9.59 Å². The lowest BCUT2D eigenvalue weighted by atomic mass is 9.95. The summed E-state index contributed by atoms with van der Waals surface area (Å²) < 4.78 is 0. The van der Waals surface area contributed by atoms with E-state index in [1.165, 1.54) is 20.9 Å². The van der Waals surface area contributed by atoms with Gasteiger partial charge in [-0.3, -0.25) is 9.69 Å². The molecule has 2 heterocycles. The molecular weight excluding hydrogens is 358 g/mol. The minimum Gasteiger partial charge on any atom is -0.336 e. The first-order chi connectivity index (χ1) is 13.0. The third-order valence-electron chi connectivity index (χ3n) is 5.32. The third kappa shape index (κ3) is 4.39. The molecule has 6 heteroatoms. The predicted molar refractivity (Wildman–Crippen MR) is 108 cm³/mol. The van der Waals surface area contributed by atoms with Crippen LogP contribution in [0, 0.1) is 0 Å². The highest BCUT2D eigenvalue weighted by Crippen LogP contribution is 2.25. The smallest absolute Gasteiger partial charge is 0.324 e. The maximum Gasteiger partial charge on any atom is 0.324 e. The summed E-state index contributed by atoms with van der Waals surface area (Å²) in [6.45, 7) is 7.29. The molecule has 1 aromatic carbocycles. The number of nitrogens with one attached hydrogen (secondary N) is 1. The quantitative estimate of drug-likeness (QED) is 0.768. The molecule has 0 radical (unpaired) electrons. The minimum atomic E-state index is -0.338. The number of nitrogens with zero attached hydrogens (tertiary/aromatic N) is 1. The molecule has 1 saturated heterocycles. The van der Waals surface area contributed by atoms with E-state index in [1.54, 1.807) is 11.3 Å². The number of hydrogen-bond donors (Lipinski definition) is 2. The number of carbonyl (C=O) groups is 2. The summed E-state index contributed by atoms with van der Waals surface area (Å²) >= 11 is 1.69. The van der Waals surface area contributed by atoms with Gasteiger partial charge in [0.25, 0.3) is 5.91 Å². The van der Waals surface area contributed by atoms with Crippen molar-refractivity contribution < 1.29 is 14.9 Å². The number of urea groups is 1. The Kier molecular flexibility index (Phi) is 6.29. The van der Waals surface area contributed by atoms with Crippen molar-refractivity contribution >= 4 is 23.3 Å². The van der Waals surface area contributed by atoms with Crippen molar-refractivity contribution in [2.45, 2.75) is 45.2 Å². The van der Waals surface area contributed by atoms with Crippen LogP contribution < -0.4 is 10.6 Å². The number of thiophene rings is 1. The Morgan fingerprint density at radius 3 is 2.48 bits per heavy atom. The highest BCUT2D eigenvalue weighted by molar-refractivity contribution is 7.10. The van der Waals surface area contributed by atoms with E-state index >= 15 is 0 Å². The molecular formula is C21H28N3O2S+. The molecule has 1 aliphatic rings. The average molecular weight is 387 g/mol. The van der Waals surface area contributed by atoms with Gasteiger partial charge < -0.3 is 10.6 Å². The van der Waals surface area contributed by atoms with E-state index in [2.05, 4.69) is 60.2 Å². The lowest BCUT2D eigenvalue weighted by molar-refractivity contribution is -0.704. The fourth-order valence-corrected chi connectivity index (χ4v) is 4.24. The molecule has 0 saturated carbocycles. The van der Waals surface area contributed by atoms with E-state index < -0.39 is 0 Å². The zero-order chi connectivity index (χ0) is 19.4. The van der Waals surface area contributed by atoms with Gasteiger partial charge in [-0.1, -0.05) is 44.2 Å². The van der Waals surface area contributed by atoms with Crippen LogP contribution in [-0.2, 0) is 4.79 Å². The first-order valence-corrected chi connectivity index (χ1v) is 10.5. The van der Waals surface area contributed by atoms with Crippen LogP contribution in [0.2, 0.25) is 0 Å². The Morgan fingerprint density at radius 1 is 1.22 bits per heavy atom. The van der Waals surface area contributed by atoms with Gasteiger partial charge >= 0.3 is 6.03 Å². The van der Waals surface area contributed by atoms with Crippen molar-refractivity contribution in [2.24, 2.45) is 0 Å². The second-order valence-corrected chi connectivity index (χ2v) is 8.15. The lowest BCUT2D eigenvalue weighted by Crippen LogP contribution is -2.92. The number of amides is 3. The van der Waals surface area contributed by atoms with E-state index in [0.29, 0.717) is 19.0 Å². The van der Waals surface area contributed by atoms with Gasteiger partial charge in [0, 0.05) is 18.7 Å². The number of nitrogens with two attached hydrogens (primary N) is 1. The minimum absolute atomic E-state index is 0.0422. The molecule has 0 aliphatic carbocycles. The predicted octanol–water partition coefficient (Wildman–Crippen LogP) is 2.85. The lowest BCUT2D eigenvalue weighted by Gasteiger charge is -2.22. The largest absolute Gasteiger partial charge is 0.336 e. The van der Waals surface area contributed by atoms with Crippen molar-refractivity contribution in [1.29, 1.82) is 0 Å². The van der Waals surface area contributed by atoms with Crippen molar-refractivity contribution in [3.8, 4) is 0 Å². The Bertz CT molecular complexity index is 773. The van der Waals surface area contributed by atoms with Crippen LogP contribution in [0.15, 0.2) is 41.8 Å². The molecule has 3 N–H and O–H groups in total. The monoisotopic (exact) mass is 386 g/mol. The molecule has 0 unspecified atom stereocenters. The van der Waals surface area contributed by atoms with Crippen LogP contribution in [0.3, 0.4) is 0 Å². The van der Waals surface area contributed by atoms with Crippen LogP contribution in [0.5, 0.6) is 0 Å². The highest BCUT2D eigenvalue weighted by atomic mass is 32.1. The van der Waals surface area contributed by atoms with Crippen LogP contribution in [0.1, 0.15) is 55.2 Å². The van der Waals surface area contributed by atoms with E-state index in [4.69, 9.17) is 0 Å². The van der Waals surface area contributed by atoms with Crippen LogP contribution >= 0.6 is 11.3 Å². The van der Waals surface area contributed by atoms with Crippen molar-refractivity contribution in [3.63, 3.8) is 0 Å². The van der Waals surface area contributed by atoms with Crippen LogP contribution in [-0.4, -0.2) is 36.0 Å². The van der Waals surface area contributed by atoms with Crippen LogP contribution in [0.25, 0.3) is 0 Å². The third-order valence-corrected chi connectivity index (χ3v) is 6.28. The van der Waals surface area contributed by atoms with Crippen molar-refractivity contribution in [3.05, 3.63) is 57.8 Å². The van der Waals surface area contributed by atoms with Crippen LogP contribution in [0.4, 0.5) is 4.79 Å². The molecule has 144 valence electrons. The summed E-state index contributed by atoms with van der Waals surface area (Å²) in [4.78, 5) is 27.1. The number of benzene rings is 1. The van der Waals surface area contributed by atoms with E-state index in [-0.39, 0.29) is 24.0 Å². The number of carbonyl (C=O) groups excluding carboxylic acids is 2. The maximum atomic E-state index is 12.7. The summed E-state index contributed by atoms with van der Waals surface area (Å²) in [7, 11) is 0. The van der Waals surface area contributed by atoms with Gasteiger partial charge in [-0.15, -0.1) is 11.3 Å². The van der Waals surface area contributed by atoms with Gasteiger partial charge in [0.1, 0.15) is 6.04 Å². The molecule has 27 heavy (non-hydrogen) atoms. The van der Waals surface area contributed by atoms with E-state index in [0.717, 1.165) is 6.42 Å². The highest BCUT2D eigenvalue weighted by Gasteiger charge is 2.34. The van der Waals surface area contributed by atoms with Gasteiger partial charge in [-0.05, 0) is 36.3 Å². The first-order valence-electron chi connectivity index (χ1n) is 9.58. The fraction of sp³-hybridized carbons (Fsp3) is 0.429. The first kappa shape index (κ1) is 19.6. The van der Waals surface area contributed by atoms with Gasteiger partial charge in [-0.2, -0.15) is 0 Å². The molecule has 1 fully saturated rings. The molecule has 0 bridgehead atoms. The van der Waals surface area contributed by atoms with Gasteiger partial charge in [0.2, 0.25) is 0 Å². The number of rotatable bonds is 7. The van der Waals surface area contributed by atoms with Gasteiger partial charge in [-0.25, -0.2) is 4.79 Å². The second-order valence-electron chi connectivity index (χ2n) is 7.17. The maximum absolute atomic E-state index is 12.7. The zero-order valence-corrected chi connectivity index (χ0v) is 17.0. The fourth-order valence-electron chi connectivity index (χ4n) is 3.40. The number of hydrogen-bond acceptors (Lipinski definition) is 3. The molecule has 5 nitrogen and oxygen atoms in total. The molecule has 1 aromatic heterocycles. The normalized spacial score (nSPS) is 17.4. The number of quaternary nitrogens is 1. The SMILES string of the molecule is CC[C@@H](C)c1ccc([C@@H]([NH2+][C@@H](C)C(=O)N2CCNC2=O)c2cccs2)cc1. The second kappa shape index (κ2) is 8.67. The van der Waals surface area contributed by atoms with Gasteiger partial charge in [0.15, 0.2) is 6.04 Å². The standard InChI is InChI=1S/C21H27N3O2S/c1-4-14(2)16-7-9-17(10-8-16)19(18-6-5-13-27-18)23-15(3)20(25)24-12-11-22-21(24)26/h5-10,13-15,19,23H,4,11-12H2,1-3H3,(H,22,26)/p+1/t14-,15+,19-/m1/s1. The molecule has 0 spiro atoms. The molecule has 1 aliphatic heterocycles. The summed E-state index contributed by atoms with van der Waals surface area (Å²) in [5.74, 6) is 0.403. The topological polar surface area (TPSA) is 66.0 Å². The Morgan fingerprint density at radius 2 is 1.93 bits per heavy atom.